The fourth-order valence-electron chi connectivity index (χ4n) is 2.35. The van der Waals surface area contributed by atoms with Gasteiger partial charge < -0.3 is 5.32 Å². The highest BCUT2D eigenvalue weighted by molar-refractivity contribution is 8.00. The summed E-state index contributed by atoms with van der Waals surface area (Å²) in [6.45, 7) is 0. The lowest BCUT2D eigenvalue weighted by Crippen LogP contribution is -2.45. The summed E-state index contributed by atoms with van der Waals surface area (Å²) >= 11 is 6.87. The highest BCUT2D eigenvalue weighted by Gasteiger charge is 2.17. The first-order valence-corrected chi connectivity index (χ1v) is 8.59. The largest absolute Gasteiger partial charge is 0.335 e. The van der Waals surface area contributed by atoms with Crippen LogP contribution in [0.15, 0.2) is 23.1 Å². The lowest BCUT2D eigenvalue weighted by molar-refractivity contribution is -0.117. The van der Waals surface area contributed by atoms with E-state index in [1.807, 2.05) is 0 Å². The van der Waals surface area contributed by atoms with Crippen molar-refractivity contribution in [3.8, 4) is 0 Å². The van der Waals surface area contributed by atoms with E-state index >= 15 is 0 Å². The van der Waals surface area contributed by atoms with Gasteiger partial charge in [0.2, 0.25) is 5.91 Å². The third-order valence-electron chi connectivity index (χ3n) is 3.45. The van der Waals surface area contributed by atoms with E-state index in [0.717, 1.165) is 25.7 Å². The molecule has 0 aliphatic heterocycles. The van der Waals surface area contributed by atoms with E-state index in [4.69, 9.17) is 11.6 Å². The Kier molecular flexibility index (Phi) is 6.51. The van der Waals surface area contributed by atoms with Crippen LogP contribution in [0.25, 0.3) is 0 Å². The quantitative estimate of drug-likeness (QED) is 0.818. The third-order valence-corrected chi connectivity index (χ3v) is 4.74. The zero-order chi connectivity index (χ0) is 15.9. The number of rotatable bonds is 4. The van der Waals surface area contributed by atoms with Crippen LogP contribution in [0, 0.1) is 5.82 Å². The Balaban J connectivity index is 1.72. The van der Waals surface area contributed by atoms with Gasteiger partial charge in [0.1, 0.15) is 5.82 Å². The van der Waals surface area contributed by atoms with Crippen LogP contribution in [0.1, 0.15) is 32.1 Å². The number of halogens is 2. The smallest absolute Gasteiger partial charge is 0.321 e. The molecule has 0 unspecified atom stereocenters. The number of carbonyl (C=O) groups excluding carboxylic acids is 2. The Morgan fingerprint density at radius 2 is 2.00 bits per heavy atom. The van der Waals surface area contributed by atoms with Crippen molar-refractivity contribution in [1.82, 2.24) is 10.6 Å². The minimum atomic E-state index is -0.498. The molecule has 2 N–H and O–H groups in total. The summed E-state index contributed by atoms with van der Waals surface area (Å²) < 4.78 is 13.0. The Bertz CT molecular complexity index is 550. The van der Waals surface area contributed by atoms with Crippen molar-refractivity contribution >= 4 is 35.3 Å². The molecule has 2 rings (SSSR count). The summed E-state index contributed by atoms with van der Waals surface area (Å²) in [5.41, 5.74) is 0. The van der Waals surface area contributed by atoms with Crippen LogP contribution < -0.4 is 10.6 Å². The summed E-state index contributed by atoms with van der Waals surface area (Å²) in [5, 5.41) is 5.13. The van der Waals surface area contributed by atoms with Gasteiger partial charge in [-0.1, -0.05) is 30.9 Å². The van der Waals surface area contributed by atoms with Crippen LogP contribution in [-0.2, 0) is 4.79 Å². The summed E-state index contributed by atoms with van der Waals surface area (Å²) in [7, 11) is 0. The Morgan fingerprint density at radius 1 is 1.27 bits per heavy atom. The molecule has 1 saturated carbocycles. The molecular formula is C15H18ClFN2O2S. The number of nitrogens with one attached hydrogen (secondary N) is 2. The molecule has 0 spiro atoms. The van der Waals surface area contributed by atoms with Crippen LogP contribution in [-0.4, -0.2) is 23.7 Å². The molecule has 7 heteroatoms. The van der Waals surface area contributed by atoms with Crippen molar-refractivity contribution in [2.45, 2.75) is 43.0 Å². The van der Waals surface area contributed by atoms with Gasteiger partial charge in [0.05, 0.1) is 10.8 Å². The number of hydrogen-bond acceptors (Lipinski definition) is 3. The lowest BCUT2D eigenvalue weighted by Gasteiger charge is -2.22. The molecular weight excluding hydrogens is 327 g/mol. The highest BCUT2D eigenvalue weighted by Crippen LogP contribution is 2.23. The van der Waals surface area contributed by atoms with Crippen molar-refractivity contribution in [2.75, 3.05) is 5.75 Å². The van der Waals surface area contributed by atoms with E-state index in [9.17, 15) is 14.0 Å². The molecule has 0 heterocycles. The topological polar surface area (TPSA) is 58.2 Å². The van der Waals surface area contributed by atoms with E-state index < -0.39 is 17.8 Å². The minimum Gasteiger partial charge on any atom is -0.335 e. The molecule has 1 aliphatic carbocycles. The van der Waals surface area contributed by atoms with E-state index in [1.54, 1.807) is 6.07 Å². The first-order chi connectivity index (χ1) is 10.5. The Morgan fingerprint density at radius 3 is 2.68 bits per heavy atom. The molecule has 0 saturated heterocycles. The average Bonchev–Trinajstić information content (AvgIpc) is 2.49. The van der Waals surface area contributed by atoms with Gasteiger partial charge in [0, 0.05) is 10.9 Å². The molecule has 3 amide bonds. The number of imide groups is 1. The van der Waals surface area contributed by atoms with Crippen molar-refractivity contribution < 1.29 is 14.0 Å². The maximum absolute atomic E-state index is 13.0. The molecule has 22 heavy (non-hydrogen) atoms. The molecule has 1 aromatic carbocycles. The monoisotopic (exact) mass is 344 g/mol. The number of benzene rings is 1. The van der Waals surface area contributed by atoms with Gasteiger partial charge in [0.25, 0.3) is 0 Å². The van der Waals surface area contributed by atoms with Crippen molar-refractivity contribution in [2.24, 2.45) is 0 Å². The molecule has 0 atom stereocenters. The van der Waals surface area contributed by atoms with Gasteiger partial charge in [-0.2, -0.15) is 0 Å². The van der Waals surface area contributed by atoms with Gasteiger partial charge in [-0.15, -0.1) is 11.8 Å². The van der Waals surface area contributed by atoms with Gasteiger partial charge >= 0.3 is 6.03 Å². The standard InChI is InChI=1S/C15H18ClFN2O2S/c16-12-8-11(6-7-13(12)17)22-9-14(20)19-15(21)18-10-4-2-1-3-5-10/h6-8,10H,1-5,9H2,(H2,18,19,20,21). The van der Waals surface area contributed by atoms with Crippen molar-refractivity contribution in [1.29, 1.82) is 0 Å². The van der Waals surface area contributed by atoms with Crippen molar-refractivity contribution in [3.05, 3.63) is 29.0 Å². The van der Waals surface area contributed by atoms with Crippen LogP contribution in [0.3, 0.4) is 0 Å². The normalized spacial score (nSPS) is 15.4. The predicted molar refractivity (Wildman–Crippen MR) is 85.7 cm³/mol. The minimum absolute atomic E-state index is 0.0143. The van der Waals surface area contributed by atoms with E-state index in [0.29, 0.717) is 4.90 Å². The Hall–Kier alpha value is -1.27. The number of hydrogen-bond donors (Lipinski definition) is 2. The van der Waals surface area contributed by atoms with Crippen LogP contribution in [0.4, 0.5) is 9.18 Å². The summed E-state index contributed by atoms with van der Waals surface area (Å²) in [6.07, 6.45) is 5.35. The summed E-state index contributed by atoms with van der Waals surface area (Å²) in [6, 6.07) is 3.95. The van der Waals surface area contributed by atoms with E-state index in [1.165, 1.54) is 30.3 Å². The second kappa shape index (κ2) is 8.39. The first-order valence-electron chi connectivity index (χ1n) is 7.23. The molecule has 120 valence electrons. The predicted octanol–water partition coefficient (Wildman–Crippen LogP) is 3.73. The second-order valence-corrected chi connectivity index (χ2v) is 6.68. The molecule has 1 fully saturated rings. The number of amides is 3. The van der Waals surface area contributed by atoms with Gasteiger partial charge in [-0.25, -0.2) is 9.18 Å². The molecule has 1 aromatic rings. The highest BCUT2D eigenvalue weighted by atomic mass is 35.5. The van der Waals surface area contributed by atoms with E-state index in [-0.39, 0.29) is 16.8 Å². The zero-order valence-electron chi connectivity index (χ0n) is 12.0. The summed E-state index contributed by atoms with van der Waals surface area (Å²) in [4.78, 5) is 24.1. The van der Waals surface area contributed by atoms with Crippen LogP contribution in [0.2, 0.25) is 5.02 Å². The second-order valence-electron chi connectivity index (χ2n) is 5.22. The first kappa shape index (κ1) is 17.1. The average molecular weight is 345 g/mol. The molecule has 0 bridgehead atoms. The number of urea groups is 1. The summed E-state index contributed by atoms with van der Waals surface area (Å²) in [5.74, 6) is -0.818. The zero-order valence-corrected chi connectivity index (χ0v) is 13.6. The Labute approximate surface area is 138 Å². The molecule has 1 aliphatic rings. The number of thioether (sulfide) groups is 1. The van der Waals surface area contributed by atoms with E-state index in [2.05, 4.69) is 10.6 Å². The van der Waals surface area contributed by atoms with Crippen LogP contribution in [0.5, 0.6) is 0 Å². The van der Waals surface area contributed by atoms with Crippen molar-refractivity contribution in [3.63, 3.8) is 0 Å². The van der Waals surface area contributed by atoms with Gasteiger partial charge in [-0.05, 0) is 31.0 Å². The van der Waals surface area contributed by atoms with Gasteiger partial charge in [0.15, 0.2) is 0 Å². The number of carbonyl (C=O) groups is 2. The molecule has 0 radical (unpaired) electrons. The van der Waals surface area contributed by atoms with Gasteiger partial charge in [-0.3, -0.25) is 10.1 Å². The lowest BCUT2D eigenvalue weighted by atomic mass is 9.96. The maximum Gasteiger partial charge on any atom is 0.321 e. The fraction of sp³-hybridized carbons (Fsp3) is 0.467. The SMILES string of the molecule is O=C(CSc1ccc(F)c(Cl)c1)NC(=O)NC1CCCCC1. The maximum atomic E-state index is 13.0. The molecule has 0 aromatic heterocycles. The fourth-order valence-corrected chi connectivity index (χ4v) is 3.33. The third kappa shape index (κ3) is 5.50. The van der Waals surface area contributed by atoms with Crippen LogP contribution >= 0.6 is 23.4 Å². The molecule has 4 nitrogen and oxygen atoms in total.